The zero-order chi connectivity index (χ0) is 26.4. The Kier molecular flexibility index (Phi) is 14.3. The number of nitrogens with one attached hydrogen (secondary N) is 2. The number of anilines is 1. The molecular weight excluding hydrogens is 434 g/mol. The maximum absolute atomic E-state index is 12.6. The lowest BCUT2D eigenvalue weighted by Crippen LogP contribution is -2.27. The van der Waals surface area contributed by atoms with E-state index in [1.54, 1.807) is 0 Å². The van der Waals surface area contributed by atoms with Gasteiger partial charge in [0.2, 0.25) is 0 Å². The van der Waals surface area contributed by atoms with Crippen LogP contribution in [0.15, 0.2) is 46.2 Å². The molecule has 0 aliphatic rings. The Morgan fingerprint density at radius 1 is 1.14 bits per heavy atom. The van der Waals surface area contributed by atoms with Crippen LogP contribution in [0.4, 0.5) is 5.69 Å². The summed E-state index contributed by atoms with van der Waals surface area (Å²) in [4.78, 5) is 17.5. The summed E-state index contributed by atoms with van der Waals surface area (Å²) in [7, 11) is 0. The zero-order valence-electron chi connectivity index (χ0n) is 23.7. The molecule has 0 unspecified atom stereocenters. The van der Waals surface area contributed by atoms with Gasteiger partial charge < -0.3 is 15.4 Å². The minimum Gasteiger partial charge on any atom is -0.493 e. The largest absolute Gasteiger partial charge is 0.493 e. The van der Waals surface area contributed by atoms with Crippen molar-refractivity contribution in [3.63, 3.8) is 0 Å². The molecule has 1 atom stereocenters. The van der Waals surface area contributed by atoms with E-state index in [-0.39, 0.29) is 11.7 Å². The van der Waals surface area contributed by atoms with Gasteiger partial charge in [-0.2, -0.15) is 0 Å². The summed E-state index contributed by atoms with van der Waals surface area (Å²) in [5.74, 6) is 2.21. The van der Waals surface area contributed by atoms with Gasteiger partial charge >= 0.3 is 0 Å². The van der Waals surface area contributed by atoms with E-state index in [1.165, 1.54) is 0 Å². The fourth-order valence-electron chi connectivity index (χ4n) is 3.78. The van der Waals surface area contributed by atoms with E-state index in [0.717, 1.165) is 72.9 Å². The second kappa shape index (κ2) is 16.3. The van der Waals surface area contributed by atoms with Crippen molar-refractivity contribution in [1.29, 1.82) is 0 Å². The standard InChI is InChI=1S/C30H49N3O2/c1-10-14-25(19-31-17-11-2)20-35-28-18-26(16-15-23(28)8)33-30(22(7)12-3)32-24(9)27(13-4)29(34)21(5)6/h13,15-16,18,21,25,31,33H,10-12,14,17,19-20H2,1-9H3/b27-13+,30-22+,32-24+/t25-/m1/s1. The lowest BCUT2D eigenvalue weighted by molar-refractivity contribution is -0.117. The predicted molar refractivity (Wildman–Crippen MR) is 152 cm³/mol. The first kappa shape index (κ1) is 30.6. The average molecular weight is 484 g/mol. The molecule has 1 aromatic rings. The smallest absolute Gasteiger partial charge is 0.166 e. The number of benzene rings is 1. The van der Waals surface area contributed by atoms with Gasteiger partial charge in [0.1, 0.15) is 11.6 Å². The summed E-state index contributed by atoms with van der Waals surface area (Å²) in [5.41, 5.74) is 4.58. The number of carbonyl (C=O) groups excluding carboxylic acids is 1. The number of aliphatic imine (C=N–C) groups is 1. The van der Waals surface area contributed by atoms with E-state index < -0.39 is 0 Å². The van der Waals surface area contributed by atoms with Crippen molar-refractivity contribution < 1.29 is 9.53 Å². The van der Waals surface area contributed by atoms with E-state index in [9.17, 15) is 4.79 Å². The first-order valence-corrected chi connectivity index (χ1v) is 13.3. The summed E-state index contributed by atoms with van der Waals surface area (Å²) in [6.07, 6.45) is 6.16. The van der Waals surface area contributed by atoms with Gasteiger partial charge in [-0.25, -0.2) is 4.99 Å². The van der Waals surface area contributed by atoms with Crippen LogP contribution in [-0.4, -0.2) is 31.2 Å². The molecule has 1 rings (SSSR count). The molecule has 0 bridgehead atoms. The van der Waals surface area contributed by atoms with Crippen LogP contribution in [0.1, 0.15) is 86.6 Å². The molecule has 0 heterocycles. The third-order valence-corrected chi connectivity index (χ3v) is 6.16. The highest BCUT2D eigenvalue weighted by Gasteiger charge is 2.16. The van der Waals surface area contributed by atoms with Gasteiger partial charge in [-0.3, -0.25) is 4.79 Å². The highest BCUT2D eigenvalue weighted by Crippen LogP contribution is 2.26. The normalized spacial score (nSPS) is 14.1. The Morgan fingerprint density at radius 3 is 2.43 bits per heavy atom. The van der Waals surface area contributed by atoms with Crippen LogP contribution >= 0.6 is 0 Å². The van der Waals surface area contributed by atoms with Crippen LogP contribution < -0.4 is 15.4 Å². The number of rotatable bonds is 16. The fourth-order valence-corrected chi connectivity index (χ4v) is 3.78. The van der Waals surface area contributed by atoms with E-state index in [1.807, 2.05) is 33.8 Å². The Bertz CT molecular complexity index is 897. The van der Waals surface area contributed by atoms with E-state index in [0.29, 0.717) is 18.1 Å². The first-order chi connectivity index (χ1) is 16.7. The predicted octanol–water partition coefficient (Wildman–Crippen LogP) is 7.48. The van der Waals surface area contributed by atoms with Gasteiger partial charge in [-0.05, 0) is 70.7 Å². The van der Waals surface area contributed by atoms with E-state index >= 15 is 0 Å². The quantitative estimate of drug-likeness (QED) is 0.145. The number of carbonyl (C=O) groups is 1. The van der Waals surface area contributed by atoms with Crippen molar-refractivity contribution in [2.45, 2.75) is 88.0 Å². The summed E-state index contributed by atoms with van der Waals surface area (Å²) in [5, 5.41) is 7.02. The SMILES string of the molecule is C\C=C(C(=O)C(C)C)/C(C)=N/C(Nc1ccc(C)c(OC[C@H](CCC)CNCCC)c1)=C(/C)CC. The van der Waals surface area contributed by atoms with Gasteiger partial charge in [0.15, 0.2) is 5.78 Å². The summed E-state index contributed by atoms with van der Waals surface area (Å²) in [6, 6.07) is 6.19. The van der Waals surface area contributed by atoms with Crippen molar-refractivity contribution in [2.24, 2.45) is 16.8 Å². The summed E-state index contributed by atoms with van der Waals surface area (Å²) < 4.78 is 6.30. The average Bonchev–Trinajstić information content (AvgIpc) is 2.83. The highest BCUT2D eigenvalue weighted by atomic mass is 16.5. The zero-order valence-corrected chi connectivity index (χ0v) is 23.7. The van der Waals surface area contributed by atoms with Crippen LogP contribution in [-0.2, 0) is 4.79 Å². The minimum absolute atomic E-state index is 0.0653. The number of ketones is 1. The molecule has 0 aliphatic heterocycles. The molecule has 196 valence electrons. The molecule has 1 aromatic carbocycles. The van der Waals surface area contributed by atoms with Crippen LogP contribution in [0.3, 0.4) is 0 Å². The van der Waals surface area contributed by atoms with Crippen LogP contribution in [0, 0.1) is 18.8 Å². The Hall–Kier alpha value is -2.40. The van der Waals surface area contributed by atoms with Gasteiger partial charge in [-0.15, -0.1) is 0 Å². The van der Waals surface area contributed by atoms with E-state index in [2.05, 4.69) is 63.5 Å². The third-order valence-electron chi connectivity index (χ3n) is 6.16. The van der Waals surface area contributed by atoms with Crippen molar-refractivity contribution in [3.8, 4) is 5.75 Å². The molecule has 0 aromatic heterocycles. The fraction of sp³-hybridized carbons (Fsp3) is 0.600. The molecule has 5 nitrogen and oxygen atoms in total. The number of aryl methyl sites for hydroxylation is 1. The number of nitrogens with zero attached hydrogens (tertiary/aromatic N) is 1. The van der Waals surface area contributed by atoms with Crippen molar-refractivity contribution in [2.75, 3.05) is 25.0 Å². The topological polar surface area (TPSA) is 62.7 Å². The van der Waals surface area contributed by atoms with Crippen LogP contribution in [0.2, 0.25) is 0 Å². The Labute approximate surface area is 214 Å². The van der Waals surface area contributed by atoms with Gasteiger partial charge in [0.05, 0.1) is 12.3 Å². The molecule has 0 amide bonds. The molecule has 0 fully saturated rings. The molecule has 2 N–H and O–H groups in total. The number of hydrogen-bond donors (Lipinski definition) is 2. The summed E-state index contributed by atoms with van der Waals surface area (Å²) in [6.45, 7) is 21.0. The Morgan fingerprint density at radius 2 is 1.86 bits per heavy atom. The van der Waals surface area contributed by atoms with Crippen LogP contribution in [0.25, 0.3) is 0 Å². The van der Waals surface area contributed by atoms with Gasteiger partial charge in [0, 0.05) is 35.7 Å². The molecule has 35 heavy (non-hydrogen) atoms. The highest BCUT2D eigenvalue weighted by molar-refractivity contribution is 6.22. The lowest BCUT2D eigenvalue weighted by Gasteiger charge is -2.19. The number of ether oxygens (including phenoxy) is 1. The monoisotopic (exact) mass is 483 g/mol. The minimum atomic E-state index is -0.0653. The molecule has 0 radical (unpaired) electrons. The van der Waals surface area contributed by atoms with Gasteiger partial charge in [0.25, 0.3) is 0 Å². The van der Waals surface area contributed by atoms with E-state index in [4.69, 9.17) is 9.73 Å². The van der Waals surface area contributed by atoms with Crippen molar-refractivity contribution in [3.05, 3.63) is 46.8 Å². The molecule has 0 saturated heterocycles. The molecule has 5 heteroatoms. The molecule has 0 aliphatic carbocycles. The molecule has 0 saturated carbocycles. The van der Waals surface area contributed by atoms with Crippen LogP contribution in [0.5, 0.6) is 5.75 Å². The Balaban J connectivity index is 3.11. The molecule has 0 spiro atoms. The second-order valence-corrected chi connectivity index (χ2v) is 9.68. The third kappa shape index (κ3) is 10.4. The molecular formula is C30H49N3O2. The van der Waals surface area contributed by atoms with Gasteiger partial charge in [-0.1, -0.05) is 53.2 Å². The second-order valence-electron chi connectivity index (χ2n) is 9.68. The number of Topliss-reactive ketones (excluding diaryl/α,β-unsaturated/α-hetero) is 1. The number of hydrogen-bond acceptors (Lipinski definition) is 5. The lowest BCUT2D eigenvalue weighted by atomic mass is 9.98. The van der Waals surface area contributed by atoms with Crippen molar-refractivity contribution >= 4 is 17.2 Å². The first-order valence-electron chi connectivity index (χ1n) is 13.3. The summed E-state index contributed by atoms with van der Waals surface area (Å²) >= 11 is 0. The van der Waals surface area contributed by atoms with Crippen molar-refractivity contribution in [1.82, 2.24) is 5.32 Å². The maximum Gasteiger partial charge on any atom is 0.166 e. The maximum atomic E-state index is 12.6. The number of allylic oxidation sites excluding steroid dienone is 3.